The topological polar surface area (TPSA) is 0 Å². The van der Waals surface area contributed by atoms with Crippen LogP contribution in [0.2, 0.25) is 0 Å². The van der Waals surface area contributed by atoms with Crippen molar-refractivity contribution in [2.24, 2.45) is 0 Å². The van der Waals surface area contributed by atoms with Gasteiger partial charge in [0.1, 0.15) is 0 Å². The summed E-state index contributed by atoms with van der Waals surface area (Å²) in [7, 11) is 0. The predicted octanol–water partition coefficient (Wildman–Crippen LogP) is 5.90. The molecule has 0 spiro atoms. The largest absolute Gasteiger partial charge is 2.00 e. The van der Waals surface area contributed by atoms with Crippen LogP contribution in [0.4, 0.5) is 0 Å². The molecule has 4 heteroatoms. The second kappa shape index (κ2) is 17.6. The van der Waals surface area contributed by atoms with Gasteiger partial charge in [-0.3, -0.25) is 0 Å². The van der Waals surface area contributed by atoms with Crippen molar-refractivity contribution in [2.75, 3.05) is 0 Å². The summed E-state index contributed by atoms with van der Waals surface area (Å²) in [5, 5.41) is 10.5. The fourth-order valence-corrected chi connectivity index (χ4v) is 5.99. The summed E-state index contributed by atoms with van der Waals surface area (Å²) in [5.41, 5.74) is 7.88. The first-order chi connectivity index (χ1) is 19.6. The third-order valence-electron chi connectivity index (χ3n) is 7.91. The van der Waals surface area contributed by atoms with E-state index in [0.717, 1.165) is 0 Å². The van der Waals surface area contributed by atoms with Crippen molar-refractivity contribution in [3.8, 4) is 22.3 Å². The van der Waals surface area contributed by atoms with Crippen LogP contribution < -0.4 is 24.8 Å². The Morgan fingerprint density at radius 1 is 0.413 bits per heavy atom. The maximum Gasteiger partial charge on any atom is 2.00 e. The van der Waals surface area contributed by atoms with E-state index in [9.17, 15) is 0 Å². The summed E-state index contributed by atoms with van der Waals surface area (Å²) in [6, 6.07) is 52.6. The van der Waals surface area contributed by atoms with Crippen LogP contribution in [0.15, 0.2) is 146 Å². The van der Waals surface area contributed by atoms with Crippen molar-refractivity contribution in [1.82, 2.24) is 0 Å². The van der Waals surface area contributed by atoms with E-state index >= 15 is 0 Å². The number of aryl methyl sites for hydroxylation is 2. The van der Waals surface area contributed by atoms with Crippen molar-refractivity contribution in [2.45, 2.75) is 13.8 Å². The van der Waals surface area contributed by atoms with E-state index in [4.69, 9.17) is 0 Å². The summed E-state index contributed by atoms with van der Waals surface area (Å²) < 4.78 is 0. The molecule has 0 atom stereocenters. The Hall–Kier alpha value is -3.26. The smallest absolute Gasteiger partial charge is 1.00 e. The normalized spacial score (nSPS) is 9.78. The van der Waals surface area contributed by atoms with Gasteiger partial charge in [0, 0.05) is 11.0 Å². The third-order valence-corrected chi connectivity index (χ3v) is 7.91. The van der Waals surface area contributed by atoms with Crippen LogP contribution in [0.3, 0.4) is 0 Å². The van der Waals surface area contributed by atoms with Gasteiger partial charge in [-0.25, -0.2) is 0 Å². The van der Waals surface area contributed by atoms with Crippen molar-refractivity contribution >= 4 is 54.1 Å². The Kier molecular flexibility index (Phi) is 15.6. The zero-order valence-electron chi connectivity index (χ0n) is 26.6. The number of rotatable bonds is 2. The van der Waals surface area contributed by atoms with Crippen LogP contribution >= 0.6 is 0 Å². The standard InChI is InChI=1S/2C20H15.2CH3.2ClH.Si.Zr/c2*1-14-11-17-7-4-8-19(20(17)12-14)18-10-9-15-5-2-3-6-16(15)13-18;;;;;;/h2*2-13H,1H3;2*1H3;2*1H;;/q4*-1;;;;+2/p-2. The van der Waals surface area contributed by atoms with Gasteiger partial charge in [0.2, 0.25) is 0 Å². The number of halogens is 2. The Morgan fingerprint density at radius 2 is 0.783 bits per heavy atom. The quantitative estimate of drug-likeness (QED) is 0.154. The van der Waals surface area contributed by atoms with Gasteiger partial charge in [-0.05, 0) is 44.8 Å². The molecule has 0 unspecified atom stereocenters. The van der Waals surface area contributed by atoms with Gasteiger partial charge in [0.05, 0.1) is 0 Å². The number of benzene rings is 6. The van der Waals surface area contributed by atoms with Gasteiger partial charge >= 0.3 is 26.2 Å². The molecule has 8 aromatic rings. The van der Waals surface area contributed by atoms with Gasteiger partial charge in [0.15, 0.2) is 0 Å². The number of hydrogen-bond acceptors (Lipinski definition) is 0. The second-order valence-electron chi connectivity index (χ2n) is 10.8. The minimum atomic E-state index is 0. The van der Waals surface area contributed by atoms with Gasteiger partial charge in [-0.1, -0.05) is 110 Å². The van der Waals surface area contributed by atoms with Crippen LogP contribution in [-0.2, 0) is 26.2 Å². The molecule has 8 aromatic carbocycles. The molecule has 4 radical (unpaired) electrons. The minimum absolute atomic E-state index is 0. The number of fused-ring (bicyclic) bond motifs is 4. The molecule has 0 aliphatic heterocycles. The summed E-state index contributed by atoms with van der Waals surface area (Å²) in [4.78, 5) is 0. The molecule has 0 heterocycles. The molecule has 230 valence electrons. The number of hydrogen-bond donors (Lipinski definition) is 0. The Labute approximate surface area is 310 Å². The second-order valence-corrected chi connectivity index (χ2v) is 10.8. The van der Waals surface area contributed by atoms with Crippen LogP contribution in [-0.4, -0.2) is 11.0 Å². The molecule has 0 aliphatic carbocycles. The Morgan fingerprint density at radius 3 is 1.17 bits per heavy atom. The molecule has 0 nitrogen and oxygen atoms in total. The minimum Gasteiger partial charge on any atom is -1.00 e. The van der Waals surface area contributed by atoms with Crippen molar-refractivity contribution < 1.29 is 51.0 Å². The average molecular weight is 731 g/mol. The molecule has 0 aromatic heterocycles. The maximum atomic E-state index is 2.28. The van der Waals surface area contributed by atoms with Crippen molar-refractivity contribution in [3.63, 3.8) is 0 Å². The predicted molar refractivity (Wildman–Crippen MR) is 193 cm³/mol. The first kappa shape index (κ1) is 40.8. The molecule has 8 rings (SSSR count). The van der Waals surface area contributed by atoms with Crippen LogP contribution in [0.1, 0.15) is 11.1 Å². The van der Waals surface area contributed by atoms with E-state index in [1.54, 1.807) is 0 Å². The molecule has 0 amide bonds. The van der Waals surface area contributed by atoms with E-state index in [-0.39, 0.29) is 76.8 Å². The molecule has 0 bridgehead atoms. The molecule has 0 N–H and O–H groups in total. The molecule has 0 saturated carbocycles. The average Bonchev–Trinajstić information content (AvgIpc) is 3.57. The van der Waals surface area contributed by atoms with Crippen molar-refractivity contribution in [3.05, 3.63) is 172 Å². The van der Waals surface area contributed by atoms with E-state index in [1.807, 2.05) is 0 Å². The molecule has 46 heavy (non-hydrogen) atoms. The SMILES string of the molecule is Cc1cc2c(-c3ccc4ccccc4c3)cccc2[cH-]1.Cc1cc2c(-c3ccc4ccccc4c3)cccc2[cH-]1.[CH3-].[CH3-].[Cl-].[Cl-].[Si].[Zr+2]. The van der Waals surface area contributed by atoms with E-state index in [2.05, 4.69) is 159 Å². The van der Waals surface area contributed by atoms with Crippen molar-refractivity contribution in [1.29, 1.82) is 0 Å². The third kappa shape index (κ3) is 8.17. The Balaban J connectivity index is 0.000000407. The monoisotopic (exact) mass is 728 g/mol. The van der Waals surface area contributed by atoms with Crippen LogP contribution in [0.25, 0.3) is 65.3 Å². The van der Waals surface area contributed by atoms with Gasteiger partial charge in [0.25, 0.3) is 0 Å². The maximum absolute atomic E-state index is 2.28. The van der Waals surface area contributed by atoms with Crippen LogP contribution in [0, 0.1) is 28.7 Å². The molecule has 0 fully saturated rings. The zero-order valence-corrected chi connectivity index (χ0v) is 31.6. The molecule has 0 saturated heterocycles. The Bertz CT molecular complexity index is 2000. The van der Waals surface area contributed by atoms with E-state index in [0.29, 0.717) is 0 Å². The zero-order chi connectivity index (χ0) is 27.1. The molecule has 0 aliphatic rings. The first-order valence-corrected chi connectivity index (χ1v) is 13.9. The summed E-state index contributed by atoms with van der Waals surface area (Å²) >= 11 is 0. The van der Waals surface area contributed by atoms with Gasteiger partial charge < -0.3 is 39.7 Å². The molecular weight excluding hydrogens is 695 g/mol. The first-order valence-electron chi connectivity index (χ1n) is 13.9. The van der Waals surface area contributed by atoms with E-state index in [1.165, 1.54) is 76.5 Å². The van der Waals surface area contributed by atoms with Gasteiger partial charge in [-0.2, -0.15) is 12.1 Å². The fraction of sp³-hybridized carbons (Fsp3) is 0.0476. The van der Waals surface area contributed by atoms with E-state index < -0.39 is 0 Å². The summed E-state index contributed by atoms with van der Waals surface area (Å²) in [5.74, 6) is 0. The van der Waals surface area contributed by atoms with Crippen LogP contribution in [0.5, 0.6) is 0 Å². The summed E-state index contributed by atoms with van der Waals surface area (Å²) in [6.45, 7) is 4.31. The van der Waals surface area contributed by atoms with Gasteiger partial charge in [-0.15, -0.1) is 69.1 Å². The fourth-order valence-electron chi connectivity index (χ4n) is 5.99. The summed E-state index contributed by atoms with van der Waals surface area (Å²) in [6.07, 6.45) is 0. The molecular formula is C42H36Cl2SiZr-4.